The average molecular weight is 189 g/mol. The summed E-state index contributed by atoms with van der Waals surface area (Å²) < 4.78 is 0. The molecule has 0 bridgehead atoms. The van der Waals surface area contributed by atoms with Crippen LogP contribution >= 0.6 is 0 Å². The van der Waals surface area contributed by atoms with Crippen LogP contribution in [0.3, 0.4) is 0 Å². The van der Waals surface area contributed by atoms with Gasteiger partial charge in [0.05, 0.1) is 0 Å². The minimum Gasteiger partial charge on any atom is -0.319 e. The molecule has 14 heavy (non-hydrogen) atoms. The van der Waals surface area contributed by atoms with E-state index in [-0.39, 0.29) is 0 Å². The lowest BCUT2D eigenvalue weighted by Crippen LogP contribution is -2.43. The molecule has 1 heteroatoms. The Bertz CT molecular complexity index is 313. The van der Waals surface area contributed by atoms with E-state index >= 15 is 0 Å². The van der Waals surface area contributed by atoms with Crippen molar-refractivity contribution >= 4 is 0 Å². The first-order valence-corrected chi connectivity index (χ1v) is 5.49. The number of rotatable bonds is 3. The Balaban J connectivity index is 2.32. The summed E-state index contributed by atoms with van der Waals surface area (Å²) in [7, 11) is 2.05. The SMILES string of the molecule is CNCC1(c2ccccc2C)CCC1. The quantitative estimate of drug-likeness (QED) is 0.770. The van der Waals surface area contributed by atoms with Crippen molar-refractivity contribution in [3.05, 3.63) is 35.4 Å². The molecule has 1 nitrogen and oxygen atoms in total. The first-order chi connectivity index (χ1) is 6.78. The van der Waals surface area contributed by atoms with Gasteiger partial charge in [-0.15, -0.1) is 0 Å². The minimum atomic E-state index is 0.445. The normalized spacial score (nSPS) is 19.0. The Kier molecular flexibility index (Phi) is 2.60. The fraction of sp³-hybridized carbons (Fsp3) is 0.538. The second-order valence-corrected chi connectivity index (χ2v) is 4.48. The third-order valence-electron chi connectivity index (χ3n) is 3.54. The number of aryl methyl sites for hydroxylation is 1. The summed E-state index contributed by atoms with van der Waals surface area (Å²) in [6, 6.07) is 8.82. The molecule has 0 aromatic heterocycles. The molecule has 0 amide bonds. The highest BCUT2D eigenvalue weighted by Gasteiger charge is 2.38. The van der Waals surface area contributed by atoms with Crippen LogP contribution in [0.2, 0.25) is 0 Å². The molecule has 1 aromatic rings. The van der Waals surface area contributed by atoms with E-state index in [9.17, 15) is 0 Å². The van der Waals surface area contributed by atoms with Crippen LogP contribution in [0.25, 0.3) is 0 Å². The van der Waals surface area contributed by atoms with Crippen LogP contribution in [0.4, 0.5) is 0 Å². The third-order valence-corrected chi connectivity index (χ3v) is 3.54. The Morgan fingerprint density at radius 1 is 1.29 bits per heavy atom. The molecule has 1 aliphatic carbocycles. The zero-order valence-corrected chi connectivity index (χ0v) is 9.14. The van der Waals surface area contributed by atoms with Gasteiger partial charge in [0.2, 0.25) is 0 Å². The van der Waals surface area contributed by atoms with Gasteiger partial charge < -0.3 is 5.32 Å². The van der Waals surface area contributed by atoms with E-state index in [1.54, 1.807) is 5.56 Å². The number of hydrogen-bond acceptors (Lipinski definition) is 1. The van der Waals surface area contributed by atoms with Gasteiger partial charge in [-0.25, -0.2) is 0 Å². The van der Waals surface area contributed by atoms with Gasteiger partial charge in [-0.05, 0) is 37.9 Å². The minimum absolute atomic E-state index is 0.445. The molecule has 0 saturated heterocycles. The number of hydrogen-bond donors (Lipinski definition) is 1. The fourth-order valence-corrected chi connectivity index (χ4v) is 2.65. The maximum Gasteiger partial charge on any atom is 0.00803 e. The first-order valence-electron chi connectivity index (χ1n) is 5.49. The molecule has 1 N–H and O–H groups in total. The molecular weight excluding hydrogens is 170 g/mol. The van der Waals surface area contributed by atoms with Crippen LogP contribution in [0.15, 0.2) is 24.3 Å². The molecule has 76 valence electrons. The van der Waals surface area contributed by atoms with Crippen LogP contribution in [0, 0.1) is 6.92 Å². The zero-order chi connectivity index (χ0) is 10.0. The monoisotopic (exact) mass is 189 g/mol. The Hall–Kier alpha value is -0.820. The Morgan fingerprint density at radius 3 is 2.50 bits per heavy atom. The van der Waals surface area contributed by atoms with E-state index < -0.39 is 0 Å². The van der Waals surface area contributed by atoms with Crippen LogP contribution in [0.5, 0.6) is 0 Å². The molecule has 1 saturated carbocycles. The average Bonchev–Trinajstić information content (AvgIpc) is 2.13. The van der Waals surface area contributed by atoms with Gasteiger partial charge in [0.15, 0.2) is 0 Å². The summed E-state index contributed by atoms with van der Waals surface area (Å²) in [6.45, 7) is 3.35. The third kappa shape index (κ3) is 1.46. The van der Waals surface area contributed by atoms with Gasteiger partial charge in [0.25, 0.3) is 0 Å². The molecule has 0 aliphatic heterocycles. The standard InChI is InChI=1S/C13H19N/c1-11-6-3-4-7-12(11)13(10-14-2)8-5-9-13/h3-4,6-7,14H,5,8-10H2,1-2H3. The maximum atomic E-state index is 3.34. The molecule has 0 heterocycles. The topological polar surface area (TPSA) is 12.0 Å². The van der Waals surface area contributed by atoms with E-state index in [0.717, 1.165) is 6.54 Å². The molecule has 1 fully saturated rings. The maximum absolute atomic E-state index is 3.34. The van der Waals surface area contributed by atoms with E-state index in [1.807, 2.05) is 0 Å². The van der Waals surface area contributed by atoms with E-state index in [4.69, 9.17) is 0 Å². The molecule has 0 spiro atoms. The van der Waals surface area contributed by atoms with Gasteiger partial charge in [0.1, 0.15) is 0 Å². The molecule has 1 aromatic carbocycles. The van der Waals surface area contributed by atoms with Crippen molar-refractivity contribution in [1.82, 2.24) is 5.32 Å². The van der Waals surface area contributed by atoms with Crippen molar-refractivity contribution in [1.29, 1.82) is 0 Å². The van der Waals surface area contributed by atoms with Crippen molar-refractivity contribution in [2.45, 2.75) is 31.6 Å². The van der Waals surface area contributed by atoms with Crippen molar-refractivity contribution in [3.8, 4) is 0 Å². The summed E-state index contributed by atoms with van der Waals surface area (Å²) in [5.41, 5.74) is 3.45. The summed E-state index contributed by atoms with van der Waals surface area (Å²) in [6.07, 6.45) is 4.08. The Morgan fingerprint density at radius 2 is 2.00 bits per heavy atom. The number of likely N-dealkylation sites (N-methyl/N-ethyl adjacent to an activating group) is 1. The largest absolute Gasteiger partial charge is 0.319 e. The number of nitrogens with one attached hydrogen (secondary N) is 1. The van der Waals surface area contributed by atoms with Gasteiger partial charge in [-0.2, -0.15) is 0 Å². The van der Waals surface area contributed by atoms with Crippen LogP contribution in [-0.4, -0.2) is 13.6 Å². The van der Waals surface area contributed by atoms with Crippen LogP contribution < -0.4 is 5.32 Å². The van der Waals surface area contributed by atoms with Crippen molar-refractivity contribution < 1.29 is 0 Å². The van der Waals surface area contributed by atoms with Crippen molar-refractivity contribution in [2.24, 2.45) is 0 Å². The summed E-state index contributed by atoms with van der Waals surface area (Å²) >= 11 is 0. The lowest BCUT2D eigenvalue weighted by molar-refractivity contribution is 0.238. The van der Waals surface area contributed by atoms with Gasteiger partial charge in [-0.1, -0.05) is 30.7 Å². The smallest absolute Gasteiger partial charge is 0.00803 e. The summed E-state index contributed by atoms with van der Waals surface area (Å²) in [5.74, 6) is 0. The van der Waals surface area contributed by atoms with E-state index in [1.165, 1.54) is 24.8 Å². The lowest BCUT2D eigenvalue weighted by atomic mass is 9.63. The second-order valence-electron chi connectivity index (χ2n) is 4.48. The van der Waals surface area contributed by atoms with Gasteiger partial charge in [0, 0.05) is 12.0 Å². The van der Waals surface area contributed by atoms with Gasteiger partial charge in [-0.3, -0.25) is 0 Å². The van der Waals surface area contributed by atoms with Crippen LogP contribution in [-0.2, 0) is 5.41 Å². The lowest BCUT2D eigenvalue weighted by Gasteiger charge is -2.43. The predicted molar refractivity (Wildman–Crippen MR) is 60.6 cm³/mol. The highest BCUT2D eigenvalue weighted by atomic mass is 14.8. The van der Waals surface area contributed by atoms with Gasteiger partial charge >= 0.3 is 0 Å². The molecule has 0 atom stereocenters. The molecule has 2 rings (SSSR count). The zero-order valence-electron chi connectivity index (χ0n) is 9.14. The van der Waals surface area contributed by atoms with E-state index in [0.29, 0.717) is 5.41 Å². The van der Waals surface area contributed by atoms with E-state index in [2.05, 4.69) is 43.6 Å². The summed E-state index contributed by atoms with van der Waals surface area (Å²) in [4.78, 5) is 0. The van der Waals surface area contributed by atoms with Crippen molar-refractivity contribution in [3.63, 3.8) is 0 Å². The first kappa shape index (κ1) is 9.72. The Labute approximate surface area is 86.5 Å². The van der Waals surface area contributed by atoms with Crippen molar-refractivity contribution in [2.75, 3.05) is 13.6 Å². The predicted octanol–water partition coefficient (Wildman–Crippen LogP) is 2.64. The summed E-state index contributed by atoms with van der Waals surface area (Å²) in [5, 5.41) is 3.34. The van der Waals surface area contributed by atoms with Crippen LogP contribution in [0.1, 0.15) is 30.4 Å². The highest BCUT2D eigenvalue weighted by molar-refractivity contribution is 5.35. The second kappa shape index (κ2) is 3.74. The highest BCUT2D eigenvalue weighted by Crippen LogP contribution is 2.44. The fourth-order valence-electron chi connectivity index (χ4n) is 2.65. The molecule has 1 aliphatic rings. The number of benzene rings is 1. The molecule has 0 unspecified atom stereocenters. The molecule has 0 radical (unpaired) electrons. The molecular formula is C13H19N.